The quantitative estimate of drug-likeness (QED) is 0.478. The molecule has 2 aromatic carbocycles. The lowest BCUT2D eigenvalue weighted by molar-refractivity contribution is -0.115. The van der Waals surface area contributed by atoms with Crippen molar-refractivity contribution in [2.24, 2.45) is 0 Å². The molecule has 0 spiro atoms. The Labute approximate surface area is 180 Å². The average Bonchev–Trinajstić information content (AvgIpc) is 3.04. The van der Waals surface area contributed by atoms with Crippen molar-refractivity contribution in [3.05, 3.63) is 81.8 Å². The van der Waals surface area contributed by atoms with Gasteiger partial charge in [0.2, 0.25) is 5.91 Å². The molecule has 0 aliphatic heterocycles. The largest absolute Gasteiger partial charge is 0.326 e. The van der Waals surface area contributed by atoms with E-state index < -0.39 is 0 Å². The van der Waals surface area contributed by atoms with Gasteiger partial charge in [0.25, 0.3) is 0 Å². The molecule has 2 aromatic heterocycles. The van der Waals surface area contributed by atoms with Gasteiger partial charge in [-0.05, 0) is 51.0 Å². The molecule has 4 rings (SSSR count). The van der Waals surface area contributed by atoms with Gasteiger partial charge in [-0.15, -0.1) is 0 Å². The third-order valence-corrected chi connectivity index (χ3v) is 5.61. The number of nitrogens with one attached hydrogen (secondary N) is 1. The Morgan fingerprint density at radius 2 is 1.77 bits per heavy atom. The van der Waals surface area contributed by atoms with Gasteiger partial charge >= 0.3 is 0 Å². The first-order valence-corrected chi connectivity index (χ1v) is 10.2. The number of fused-ring (bicyclic) bond motifs is 1. The summed E-state index contributed by atoms with van der Waals surface area (Å²) in [5.74, 6) is -0.111. The van der Waals surface area contributed by atoms with E-state index in [4.69, 9.17) is 21.7 Å². The van der Waals surface area contributed by atoms with Gasteiger partial charge in [-0.1, -0.05) is 48.0 Å². The highest BCUT2D eigenvalue weighted by molar-refractivity contribution is 6.31. The summed E-state index contributed by atoms with van der Waals surface area (Å²) in [6, 6.07) is 15.6. The fraction of sp³-hybridized carbons (Fsp3) is 0.208. The van der Waals surface area contributed by atoms with Gasteiger partial charge in [0, 0.05) is 33.2 Å². The maximum atomic E-state index is 12.8. The lowest BCUT2D eigenvalue weighted by atomic mass is 10.1. The lowest BCUT2D eigenvalue weighted by Crippen LogP contribution is -2.18. The molecule has 0 radical (unpaired) electrons. The second-order valence-electron chi connectivity index (χ2n) is 7.51. The van der Waals surface area contributed by atoms with Crippen LogP contribution in [0.5, 0.6) is 0 Å². The number of aromatic nitrogens is 3. The molecule has 1 amide bonds. The minimum atomic E-state index is -0.111. The number of nitrogens with zero attached hydrogens (tertiary/aromatic N) is 3. The van der Waals surface area contributed by atoms with Crippen LogP contribution in [0.3, 0.4) is 0 Å². The average molecular weight is 419 g/mol. The Bertz CT molecular complexity index is 1260. The lowest BCUT2D eigenvalue weighted by Gasteiger charge is -2.13. The smallest absolute Gasteiger partial charge is 0.228 e. The number of carbonyl (C=O) groups is 1. The molecule has 0 atom stereocenters. The third-order valence-electron chi connectivity index (χ3n) is 5.37. The molecule has 0 fully saturated rings. The zero-order valence-corrected chi connectivity index (χ0v) is 18.2. The highest BCUT2D eigenvalue weighted by atomic mass is 35.5. The Kier molecular flexibility index (Phi) is 5.31. The number of aryl methyl sites for hydroxylation is 4. The Morgan fingerprint density at radius 3 is 2.50 bits per heavy atom. The second kappa shape index (κ2) is 7.92. The van der Waals surface area contributed by atoms with Crippen molar-refractivity contribution >= 4 is 28.8 Å². The normalized spacial score (nSPS) is 11.1. The van der Waals surface area contributed by atoms with Crippen LogP contribution in [-0.2, 0) is 11.2 Å². The SMILES string of the molecule is Cc1ccc(Cl)cc1NC(=O)Cc1c(C)nc2c(-c3ccccc3)c(C)nn2c1C. The first kappa shape index (κ1) is 20.1. The van der Waals surface area contributed by atoms with Crippen LogP contribution in [0, 0.1) is 27.7 Å². The van der Waals surface area contributed by atoms with E-state index in [2.05, 4.69) is 17.4 Å². The molecule has 1 N–H and O–H groups in total. The maximum absolute atomic E-state index is 12.8. The predicted molar refractivity (Wildman–Crippen MR) is 121 cm³/mol. The van der Waals surface area contributed by atoms with Crippen LogP contribution in [0.2, 0.25) is 5.02 Å². The molecule has 5 nitrogen and oxygen atoms in total. The van der Waals surface area contributed by atoms with Gasteiger partial charge in [-0.3, -0.25) is 4.79 Å². The standard InChI is InChI=1S/C24H23ClN4O/c1-14-10-11-19(25)12-21(14)27-22(30)13-20-15(2)26-24-23(18-8-6-5-7-9-18)16(3)28-29(24)17(20)4/h5-12H,13H2,1-4H3,(H,27,30). The zero-order chi connectivity index (χ0) is 21.4. The highest BCUT2D eigenvalue weighted by Crippen LogP contribution is 2.29. The number of anilines is 1. The molecule has 0 saturated carbocycles. The van der Waals surface area contributed by atoms with Crippen LogP contribution < -0.4 is 5.32 Å². The monoisotopic (exact) mass is 418 g/mol. The van der Waals surface area contributed by atoms with Crippen molar-refractivity contribution < 1.29 is 4.79 Å². The van der Waals surface area contributed by atoms with E-state index in [0.29, 0.717) is 5.02 Å². The van der Waals surface area contributed by atoms with Crippen molar-refractivity contribution in [3.8, 4) is 11.1 Å². The highest BCUT2D eigenvalue weighted by Gasteiger charge is 2.19. The van der Waals surface area contributed by atoms with E-state index in [1.807, 2.05) is 62.5 Å². The number of carbonyl (C=O) groups excluding carboxylic acids is 1. The van der Waals surface area contributed by atoms with E-state index in [1.165, 1.54) is 0 Å². The van der Waals surface area contributed by atoms with E-state index in [0.717, 1.165) is 50.7 Å². The number of amides is 1. The molecule has 0 unspecified atom stereocenters. The van der Waals surface area contributed by atoms with E-state index in [1.54, 1.807) is 6.07 Å². The molecule has 2 heterocycles. The van der Waals surface area contributed by atoms with E-state index in [-0.39, 0.29) is 12.3 Å². The Morgan fingerprint density at radius 1 is 1.03 bits per heavy atom. The number of hydrogen-bond acceptors (Lipinski definition) is 3. The van der Waals surface area contributed by atoms with Gasteiger partial charge in [0.15, 0.2) is 5.65 Å². The number of hydrogen-bond donors (Lipinski definition) is 1. The molecule has 6 heteroatoms. The number of halogens is 1. The van der Waals surface area contributed by atoms with Gasteiger partial charge in [-0.25, -0.2) is 9.50 Å². The number of rotatable bonds is 4. The van der Waals surface area contributed by atoms with Crippen LogP contribution in [0.1, 0.15) is 28.2 Å². The van der Waals surface area contributed by atoms with Crippen LogP contribution >= 0.6 is 11.6 Å². The van der Waals surface area contributed by atoms with Crippen molar-refractivity contribution in [3.63, 3.8) is 0 Å². The summed E-state index contributed by atoms with van der Waals surface area (Å²) in [6.45, 7) is 7.85. The summed E-state index contributed by atoms with van der Waals surface area (Å²) in [5, 5.41) is 8.27. The molecular formula is C24H23ClN4O. The molecule has 0 bridgehead atoms. The molecule has 30 heavy (non-hydrogen) atoms. The van der Waals surface area contributed by atoms with Crippen LogP contribution in [0.15, 0.2) is 48.5 Å². The fourth-order valence-electron chi connectivity index (χ4n) is 3.75. The predicted octanol–water partition coefficient (Wildman–Crippen LogP) is 5.46. The van der Waals surface area contributed by atoms with Crippen LogP contribution in [0.4, 0.5) is 5.69 Å². The molecule has 4 aromatic rings. The molecular weight excluding hydrogens is 396 g/mol. The van der Waals surface area contributed by atoms with E-state index in [9.17, 15) is 4.79 Å². The first-order valence-electron chi connectivity index (χ1n) is 9.82. The fourth-order valence-corrected chi connectivity index (χ4v) is 3.92. The second-order valence-corrected chi connectivity index (χ2v) is 7.94. The molecule has 0 saturated heterocycles. The van der Waals surface area contributed by atoms with Crippen molar-refractivity contribution in [2.45, 2.75) is 34.1 Å². The Balaban J connectivity index is 1.70. The van der Waals surface area contributed by atoms with Gasteiger partial charge < -0.3 is 5.32 Å². The molecule has 152 valence electrons. The van der Waals surface area contributed by atoms with Crippen molar-refractivity contribution in [1.29, 1.82) is 0 Å². The first-order chi connectivity index (χ1) is 14.3. The summed E-state index contributed by atoms with van der Waals surface area (Å²) < 4.78 is 1.85. The zero-order valence-electron chi connectivity index (χ0n) is 17.5. The minimum absolute atomic E-state index is 0.111. The summed E-state index contributed by atoms with van der Waals surface area (Å²) in [7, 11) is 0. The summed E-state index contributed by atoms with van der Waals surface area (Å²) >= 11 is 6.07. The summed E-state index contributed by atoms with van der Waals surface area (Å²) in [4.78, 5) is 17.6. The van der Waals surface area contributed by atoms with Gasteiger partial charge in [-0.2, -0.15) is 5.10 Å². The molecule has 0 aliphatic rings. The summed E-state index contributed by atoms with van der Waals surface area (Å²) in [6.07, 6.45) is 0.214. The van der Waals surface area contributed by atoms with Crippen LogP contribution in [0.25, 0.3) is 16.8 Å². The van der Waals surface area contributed by atoms with Gasteiger partial charge in [0.05, 0.1) is 12.1 Å². The van der Waals surface area contributed by atoms with Crippen molar-refractivity contribution in [1.82, 2.24) is 14.6 Å². The topological polar surface area (TPSA) is 59.3 Å². The maximum Gasteiger partial charge on any atom is 0.228 e. The third kappa shape index (κ3) is 3.68. The summed E-state index contributed by atoms with van der Waals surface area (Å²) in [5.41, 5.74) is 8.13. The van der Waals surface area contributed by atoms with E-state index >= 15 is 0 Å². The minimum Gasteiger partial charge on any atom is -0.326 e. The van der Waals surface area contributed by atoms with Gasteiger partial charge in [0.1, 0.15) is 0 Å². The Hall–Kier alpha value is -3.18. The number of benzene rings is 2. The van der Waals surface area contributed by atoms with Crippen molar-refractivity contribution in [2.75, 3.05) is 5.32 Å². The van der Waals surface area contributed by atoms with Crippen LogP contribution in [-0.4, -0.2) is 20.5 Å². The molecule has 0 aliphatic carbocycles.